The van der Waals surface area contributed by atoms with Gasteiger partial charge in [-0.15, -0.1) is 0 Å². The van der Waals surface area contributed by atoms with Crippen molar-refractivity contribution in [3.63, 3.8) is 0 Å². The van der Waals surface area contributed by atoms with Crippen LogP contribution >= 0.6 is 0 Å². The first kappa shape index (κ1) is 12.1. The standard InChI is InChI=1S/C10H12N2O4/c1-3-16-10(13)7(2)9-5-4-8(6-11-9)12(14)15/h4-7H,3H2,1-2H3. The lowest BCUT2D eigenvalue weighted by molar-refractivity contribution is -0.385. The second kappa shape index (κ2) is 5.20. The zero-order valence-electron chi connectivity index (χ0n) is 9.04. The molecule has 0 N–H and O–H groups in total. The molecule has 1 unspecified atom stereocenters. The van der Waals surface area contributed by atoms with Crippen molar-refractivity contribution in [2.45, 2.75) is 19.8 Å². The fourth-order valence-corrected chi connectivity index (χ4v) is 1.15. The van der Waals surface area contributed by atoms with E-state index in [1.807, 2.05) is 0 Å². The fourth-order valence-electron chi connectivity index (χ4n) is 1.15. The zero-order valence-corrected chi connectivity index (χ0v) is 9.04. The Kier molecular flexibility index (Phi) is 3.93. The molecule has 0 saturated heterocycles. The molecule has 0 radical (unpaired) electrons. The number of pyridine rings is 1. The van der Waals surface area contributed by atoms with Crippen molar-refractivity contribution in [2.24, 2.45) is 0 Å². The molecule has 6 nitrogen and oxygen atoms in total. The summed E-state index contributed by atoms with van der Waals surface area (Å²) in [7, 11) is 0. The van der Waals surface area contributed by atoms with Crippen LogP contribution in [0.25, 0.3) is 0 Å². The molecular formula is C10H12N2O4. The highest BCUT2D eigenvalue weighted by atomic mass is 16.6. The van der Waals surface area contributed by atoms with Crippen molar-refractivity contribution in [2.75, 3.05) is 6.61 Å². The van der Waals surface area contributed by atoms with Gasteiger partial charge in [0.2, 0.25) is 0 Å². The third kappa shape index (κ3) is 2.75. The van der Waals surface area contributed by atoms with E-state index in [1.54, 1.807) is 13.8 Å². The quantitative estimate of drug-likeness (QED) is 0.441. The number of ether oxygens (including phenoxy) is 1. The molecule has 0 fully saturated rings. The van der Waals surface area contributed by atoms with Gasteiger partial charge in [-0.2, -0.15) is 0 Å². The van der Waals surface area contributed by atoms with Gasteiger partial charge in [0, 0.05) is 6.07 Å². The first-order chi connectivity index (χ1) is 7.56. The number of aromatic nitrogens is 1. The topological polar surface area (TPSA) is 82.3 Å². The molecule has 86 valence electrons. The average molecular weight is 224 g/mol. The van der Waals surface area contributed by atoms with E-state index in [1.165, 1.54) is 12.1 Å². The van der Waals surface area contributed by atoms with Crippen molar-refractivity contribution in [1.82, 2.24) is 4.98 Å². The number of nitrogens with zero attached hydrogens (tertiary/aromatic N) is 2. The number of esters is 1. The molecule has 0 aliphatic rings. The van der Waals surface area contributed by atoms with Gasteiger partial charge in [-0.05, 0) is 19.9 Å². The van der Waals surface area contributed by atoms with E-state index in [4.69, 9.17) is 4.74 Å². The normalized spacial score (nSPS) is 11.9. The second-order valence-electron chi connectivity index (χ2n) is 3.17. The minimum absolute atomic E-state index is 0.0974. The van der Waals surface area contributed by atoms with Gasteiger partial charge in [-0.3, -0.25) is 19.9 Å². The Morgan fingerprint density at radius 2 is 2.31 bits per heavy atom. The van der Waals surface area contributed by atoms with Crippen LogP contribution in [0.4, 0.5) is 5.69 Å². The Bertz CT molecular complexity index is 388. The maximum Gasteiger partial charge on any atom is 0.314 e. The van der Waals surface area contributed by atoms with Gasteiger partial charge in [0.1, 0.15) is 6.20 Å². The van der Waals surface area contributed by atoms with E-state index in [9.17, 15) is 14.9 Å². The molecule has 6 heteroatoms. The molecule has 0 spiro atoms. The molecule has 0 amide bonds. The van der Waals surface area contributed by atoms with Crippen molar-refractivity contribution < 1.29 is 14.5 Å². The highest BCUT2D eigenvalue weighted by Crippen LogP contribution is 2.17. The summed E-state index contributed by atoms with van der Waals surface area (Å²) < 4.78 is 4.82. The molecule has 16 heavy (non-hydrogen) atoms. The molecule has 0 aliphatic carbocycles. The summed E-state index contributed by atoms with van der Waals surface area (Å²) in [4.78, 5) is 25.1. The van der Waals surface area contributed by atoms with Crippen molar-refractivity contribution in [1.29, 1.82) is 0 Å². The molecule has 1 heterocycles. The molecule has 1 aromatic rings. The summed E-state index contributed by atoms with van der Waals surface area (Å²) in [5.41, 5.74) is 0.365. The summed E-state index contributed by atoms with van der Waals surface area (Å²) in [5.74, 6) is -0.899. The molecular weight excluding hydrogens is 212 g/mol. The lowest BCUT2D eigenvalue weighted by atomic mass is 10.1. The van der Waals surface area contributed by atoms with E-state index < -0.39 is 10.8 Å². The second-order valence-corrected chi connectivity index (χ2v) is 3.17. The Morgan fingerprint density at radius 3 is 2.75 bits per heavy atom. The molecule has 0 bridgehead atoms. The van der Waals surface area contributed by atoms with Crippen LogP contribution in [0, 0.1) is 10.1 Å². The van der Waals surface area contributed by atoms with Crippen LogP contribution in [0.3, 0.4) is 0 Å². The first-order valence-corrected chi connectivity index (χ1v) is 4.83. The number of carbonyl (C=O) groups is 1. The summed E-state index contributed by atoms with van der Waals surface area (Å²) in [6.07, 6.45) is 1.13. The Hall–Kier alpha value is -1.98. The van der Waals surface area contributed by atoms with Crippen molar-refractivity contribution in [3.05, 3.63) is 34.1 Å². The highest BCUT2D eigenvalue weighted by Gasteiger charge is 2.18. The van der Waals surface area contributed by atoms with Crippen LogP contribution in [-0.2, 0) is 9.53 Å². The minimum atomic E-state index is -0.536. The largest absolute Gasteiger partial charge is 0.465 e. The monoisotopic (exact) mass is 224 g/mol. The predicted octanol–water partition coefficient (Wildman–Crippen LogP) is 1.66. The lowest BCUT2D eigenvalue weighted by Gasteiger charge is -2.08. The number of hydrogen-bond donors (Lipinski definition) is 0. The van der Waals surface area contributed by atoms with Crippen LogP contribution in [0.2, 0.25) is 0 Å². The molecule has 1 aromatic heterocycles. The minimum Gasteiger partial charge on any atom is -0.465 e. The van der Waals surface area contributed by atoms with Gasteiger partial charge in [0.05, 0.1) is 23.1 Å². The number of rotatable bonds is 4. The van der Waals surface area contributed by atoms with Crippen LogP contribution < -0.4 is 0 Å². The van der Waals surface area contributed by atoms with Crippen LogP contribution in [0.15, 0.2) is 18.3 Å². The molecule has 1 atom stereocenters. The third-order valence-electron chi connectivity index (χ3n) is 2.07. The lowest BCUT2D eigenvalue weighted by Crippen LogP contribution is -2.14. The Balaban J connectivity index is 2.81. The Morgan fingerprint density at radius 1 is 1.62 bits per heavy atom. The number of carbonyl (C=O) groups excluding carboxylic acids is 1. The number of hydrogen-bond acceptors (Lipinski definition) is 5. The van der Waals surface area contributed by atoms with Gasteiger partial charge >= 0.3 is 5.97 Å². The van der Waals surface area contributed by atoms with Crippen molar-refractivity contribution >= 4 is 11.7 Å². The fraction of sp³-hybridized carbons (Fsp3) is 0.400. The molecule has 0 aliphatic heterocycles. The molecule has 0 saturated carbocycles. The van der Waals surface area contributed by atoms with Crippen LogP contribution in [0.1, 0.15) is 25.5 Å². The van der Waals surface area contributed by atoms with Crippen LogP contribution in [-0.4, -0.2) is 22.5 Å². The summed E-state index contributed by atoms with van der Waals surface area (Å²) in [5, 5.41) is 10.4. The number of nitro groups is 1. The molecule has 1 rings (SSSR count). The van der Waals surface area contributed by atoms with E-state index in [0.29, 0.717) is 12.3 Å². The van der Waals surface area contributed by atoms with Crippen LogP contribution in [0.5, 0.6) is 0 Å². The molecule has 0 aromatic carbocycles. The summed E-state index contributed by atoms with van der Waals surface area (Å²) in [6.45, 7) is 3.66. The third-order valence-corrected chi connectivity index (χ3v) is 2.07. The average Bonchev–Trinajstić information content (AvgIpc) is 2.28. The highest BCUT2D eigenvalue weighted by molar-refractivity contribution is 5.77. The van der Waals surface area contributed by atoms with E-state index in [0.717, 1.165) is 6.20 Å². The van der Waals surface area contributed by atoms with Gasteiger partial charge in [0.15, 0.2) is 0 Å². The maximum atomic E-state index is 11.4. The zero-order chi connectivity index (χ0) is 12.1. The predicted molar refractivity (Wildman–Crippen MR) is 55.9 cm³/mol. The van der Waals surface area contributed by atoms with E-state index in [2.05, 4.69) is 4.98 Å². The smallest absolute Gasteiger partial charge is 0.314 e. The Labute approximate surface area is 92.4 Å². The van der Waals surface area contributed by atoms with Gasteiger partial charge in [0.25, 0.3) is 5.69 Å². The first-order valence-electron chi connectivity index (χ1n) is 4.83. The summed E-state index contributed by atoms with van der Waals surface area (Å²) in [6, 6.07) is 2.78. The van der Waals surface area contributed by atoms with E-state index >= 15 is 0 Å². The summed E-state index contributed by atoms with van der Waals surface area (Å²) >= 11 is 0. The van der Waals surface area contributed by atoms with Gasteiger partial charge in [-0.25, -0.2) is 0 Å². The van der Waals surface area contributed by atoms with Gasteiger partial charge < -0.3 is 4.74 Å². The SMILES string of the molecule is CCOC(=O)C(C)c1ccc([N+](=O)[O-])cn1. The maximum absolute atomic E-state index is 11.4. The van der Waals surface area contributed by atoms with Gasteiger partial charge in [-0.1, -0.05) is 0 Å². The van der Waals surface area contributed by atoms with E-state index in [-0.39, 0.29) is 11.7 Å². The van der Waals surface area contributed by atoms with Crippen molar-refractivity contribution in [3.8, 4) is 0 Å².